The zero-order chi connectivity index (χ0) is 21.5. The van der Waals surface area contributed by atoms with Gasteiger partial charge in [-0.2, -0.15) is 5.10 Å². The number of anilines is 1. The van der Waals surface area contributed by atoms with Gasteiger partial charge >= 0.3 is 0 Å². The van der Waals surface area contributed by atoms with Crippen molar-refractivity contribution in [3.8, 4) is 11.3 Å². The number of nitrogens with zero attached hydrogens (tertiary/aromatic N) is 3. The fourth-order valence-corrected chi connectivity index (χ4v) is 3.68. The topological polar surface area (TPSA) is 74.7 Å². The number of carbonyl (C=O) groups is 2. The van der Waals surface area contributed by atoms with Gasteiger partial charge in [0.1, 0.15) is 0 Å². The highest BCUT2D eigenvalue weighted by Gasteiger charge is 2.14. The summed E-state index contributed by atoms with van der Waals surface area (Å²) in [7, 11) is 1.78. The largest absolute Gasteiger partial charge is 0.292 e. The lowest BCUT2D eigenvalue weighted by atomic mass is 10.1. The maximum Gasteiger partial charge on any atom is 0.258 e. The Labute approximate surface area is 184 Å². The first-order chi connectivity index (χ1) is 14.5. The first kappa shape index (κ1) is 21.7. The summed E-state index contributed by atoms with van der Waals surface area (Å²) in [4.78, 5) is 28.8. The minimum Gasteiger partial charge on any atom is -0.292 e. The van der Waals surface area contributed by atoms with Gasteiger partial charge in [0.05, 0.1) is 11.9 Å². The Hall–Kier alpha value is -3.03. The van der Waals surface area contributed by atoms with E-state index in [1.54, 1.807) is 36.5 Å². The Bertz CT molecular complexity index is 1080. The molecule has 1 N–H and O–H groups in total. The van der Waals surface area contributed by atoms with Gasteiger partial charge in [0.15, 0.2) is 0 Å². The summed E-state index contributed by atoms with van der Waals surface area (Å²) in [5, 5.41) is 11.7. The van der Waals surface area contributed by atoms with Crippen molar-refractivity contribution in [1.29, 1.82) is 0 Å². The second-order valence-electron chi connectivity index (χ2n) is 6.48. The van der Waals surface area contributed by atoms with E-state index in [9.17, 15) is 9.59 Å². The van der Waals surface area contributed by atoms with Crippen LogP contribution in [0.2, 0.25) is 5.02 Å². The molecule has 30 heavy (non-hydrogen) atoms. The Kier molecular flexibility index (Phi) is 7.32. The maximum atomic E-state index is 12.4. The van der Waals surface area contributed by atoms with Crippen LogP contribution in [0.15, 0.2) is 59.0 Å². The van der Waals surface area contributed by atoms with E-state index >= 15 is 0 Å². The molecule has 0 aliphatic rings. The van der Waals surface area contributed by atoms with Crippen LogP contribution in [0.25, 0.3) is 11.3 Å². The van der Waals surface area contributed by atoms with Crippen LogP contribution in [-0.4, -0.2) is 30.1 Å². The average Bonchev–Trinajstić information content (AvgIpc) is 3.23. The van der Waals surface area contributed by atoms with Crippen LogP contribution in [0.4, 0.5) is 5.13 Å². The van der Waals surface area contributed by atoms with Crippen LogP contribution in [0.3, 0.4) is 0 Å². The smallest absolute Gasteiger partial charge is 0.258 e. The molecule has 2 aromatic carbocycles. The third-order valence-corrected chi connectivity index (χ3v) is 5.46. The minimum absolute atomic E-state index is 0.291. The van der Waals surface area contributed by atoms with Gasteiger partial charge in [0, 0.05) is 40.6 Å². The van der Waals surface area contributed by atoms with Gasteiger partial charge in [-0.15, -0.1) is 11.3 Å². The molecular weight excluding hydrogens is 420 g/mol. The normalized spacial score (nSPS) is 10.9. The number of nitrogens with one attached hydrogen (secondary N) is 1. The van der Waals surface area contributed by atoms with E-state index in [2.05, 4.69) is 15.4 Å². The van der Waals surface area contributed by atoms with Crippen molar-refractivity contribution in [3.05, 3.63) is 70.1 Å². The predicted molar refractivity (Wildman–Crippen MR) is 122 cm³/mol. The van der Waals surface area contributed by atoms with Crippen molar-refractivity contribution in [2.24, 2.45) is 5.10 Å². The summed E-state index contributed by atoms with van der Waals surface area (Å²) in [6, 6.07) is 14.5. The molecule has 0 aliphatic carbocycles. The van der Waals surface area contributed by atoms with Crippen molar-refractivity contribution < 1.29 is 9.59 Å². The second-order valence-corrected chi connectivity index (χ2v) is 7.72. The van der Waals surface area contributed by atoms with E-state index in [1.165, 1.54) is 11.3 Å². The highest BCUT2D eigenvalue weighted by Crippen LogP contribution is 2.31. The van der Waals surface area contributed by atoms with Gasteiger partial charge in [-0.1, -0.05) is 54.9 Å². The number of thiazole rings is 1. The van der Waals surface area contributed by atoms with E-state index in [0.29, 0.717) is 34.1 Å². The molecule has 154 valence electrons. The summed E-state index contributed by atoms with van der Waals surface area (Å²) >= 11 is 7.69. The van der Waals surface area contributed by atoms with E-state index in [0.717, 1.165) is 11.3 Å². The summed E-state index contributed by atoms with van der Waals surface area (Å²) in [6.45, 7) is 1.89. The van der Waals surface area contributed by atoms with E-state index < -0.39 is 5.91 Å². The number of aromatic nitrogens is 1. The van der Waals surface area contributed by atoms with Gasteiger partial charge in [-0.25, -0.2) is 9.99 Å². The molecule has 2 amide bonds. The first-order valence-electron chi connectivity index (χ1n) is 9.41. The molecular formula is C22H21ClN4O2S. The Morgan fingerprint density at radius 3 is 2.70 bits per heavy atom. The molecule has 0 radical (unpaired) electrons. The lowest BCUT2D eigenvalue weighted by molar-refractivity contribution is -0.120. The molecule has 3 aromatic rings. The zero-order valence-corrected chi connectivity index (χ0v) is 18.2. The molecule has 0 spiro atoms. The third-order valence-electron chi connectivity index (χ3n) is 4.22. The van der Waals surface area contributed by atoms with Crippen LogP contribution in [0.1, 0.15) is 35.7 Å². The van der Waals surface area contributed by atoms with Crippen molar-refractivity contribution >= 4 is 46.1 Å². The molecule has 1 aromatic heterocycles. The molecule has 0 bridgehead atoms. The van der Waals surface area contributed by atoms with Gasteiger partial charge in [0.2, 0.25) is 11.0 Å². The number of carbonyl (C=O) groups excluding carboxylic acids is 2. The van der Waals surface area contributed by atoms with Crippen molar-refractivity contribution in [2.45, 2.75) is 19.8 Å². The van der Waals surface area contributed by atoms with Crippen LogP contribution >= 0.6 is 22.9 Å². The number of benzene rings is 2. The molecule has 1 heterocycles. The number of amides is 2. The molecule has 0 saturated heterocycles. The Balaban J connectivity index is 1.76. The second kappa shape index (κ2) is 10.1. The molecule has 0 aliphatic heterocycles. The summed E-state index contributed by atoms with van der Waals surface area (Å²) in [6.07, 6.45) is 2.56. The monoisotopic (exact) mass is 440 g/mol. The van der Waals surface area contributed by atoms with Gasteiger partial charge in [-0.05, 0) is 18.6 Å². The van der Waals surface area contributed by atoms with E-state index in [-0.39, 0.29) is 5.91 Å². The molecule has 0 fully saturated rings. The molecule has 0 unspecified atom stereocenters. The Morgan fingerprint density at radius 2 is 1.93 bits per heavy atom. The molecule has 3 rings (SSSR count). The molecule has 8 heteroatoms. The van der Waals surface area contributed by atoms with Crippen molar-refractivity contribution in [2.75, 3.05) is 12.1 Å². The van der Waals surface area contributed by atoms with Crippen LogP contribution in [-0.2, 0) is 4.79 Å². The van der Waals surface area contributed by atoms with E-state index in [4.69, 9.17) is 11.6 Å². The summed E-state index contributed by atoms with van der Waals surface area (Å²) in [5.41, 5.74) is 2.62. The van der Waals surface area contributed by atoms with Crippen molar-refractivity contribution in [1.82, 2.24) is 10.3 Å². The first-order valence-corrected chi connectivity index (χ1v) is 10.7. The number of hydrazone groups is 1. The van der Waals surface area contributed by atoms with Gasteiger partial charge < -0.3 is 0 Å². The minimum atomic E-state index is -0.437. The summed E-state index contributed by atoms with van der Waals surface area (Å²) in [5.74, 6) is -0.727. The SMILES string of the molecule is CCCC(=O)NC(=O)c1ccccc1/C=N/N(C)c1nc(-c2ccccc2Cl)cs1. The third kappa shape index (κ3) is 5.31. The predicted octanol–water partition coefficient (Wildman–Crippen LogP) is 4.99. The van der Waals surface area contributed by atoms with Crippen LogP contribution in [0.5, 0.6) is 0 Å². The average molecular weight is 441 g/mol. The van der Waals surface area contributed by atoms with E-state index in [1.807, 2.05) is 42.6 Å². The lowest BCUT2D eigenvalue weighted by Crippen LogP contribution is -2.30. The maximum absolute atomic E-state index is 12.4. The highest BCUT2D eigenvalue weighted by molar-refractivity contribution is 7.14. The fourth-order valence-electron chi connectivity index (χ4n) is 2.70. The van der Waals surface area contributed by atoms with Gasteiger partial charge in [-0.3, -0.25) is 14.9 Å². The summed E-state index contributed by atoms with van der Waals surface area (Å²) < 4.78 is 0. The standard InChI is InChI=1S/C22H21ClN4O2S/c1-3-8-20(28)26-21(29)16-10-5-4-9-15(16)13-24-27(2)22-25-19(14-30-22)17-11-6-7-12-18(17)23/h4-7,9-14H,3,8H2,1-2H3,(H,26,28,29)/b24-13+. The zero-order valence-electron chi connectivity index (χ0n) is 16.6. The van der Waals surface area contributed by atoms with Gasteiger partial charge in [0.25, 0.3) is 5.91 Å². The molecule has 0 atom stereocenters. The van der Waals surface area contributed by atoms with Crippen LogP contribution < -0.4 is 10.3 Å². The lowest BCUT2D eigenvalue weighted by Gasteiger charge is -2.10. The highest BCUT2D eigenvalue weighted by atomic mass is 35.5. The Morgan fingerprint density at radius 1 is 1.20 bits per heavy atom. The quantitative estimate of drug-likeness (QED) is 0.415. The number of halogens is 1. The molecule has 6 nitrogen and oxygen atoms in total. The number of rotatable bonds is 7. The number of imide groups is 1. The number of hydrogen-bond acceptors (Lipinski definition) is 6. The number of hydrogen-bond donors (Lipinski definition) is 1. The van der Waals surface area contributed by atoms with Crippen molar-refractivity contribution in [3.63, 3.8) is 0 Å². The molecule has 0 saturated carbocycles. The fraction of sp³-hybridized carbons (Fsp3) is 0.182. The van der Waals surface area contributed by atoms with Crippen LogP contribution in [0, 0.1) is 0 Å².